The second kappa shape index (κ2) is 5.87. The van der Waals surface area contributed by atoms with Crippen LogP contribution in [-0.4, -0.2) is 30.3 Å². The molecule has 1 amide bonds. The number of rotatable bonds is 5. The minimum Gasteiger partial charge on any atom is -0.492 e. The number of benzene rings is 1. The van der Waals surface area contributed by atoms with E-state index in [1.54, 1.807) is 0 Å². The van der Waals surface area contributed by atoms with Crippen LogP contribution in [0.3, 0.4) is 0 Å². The van der Waals surface area contributed by atoms with Crippen LogP contribution in [0.25, 0.3) is 0 Å². The first kappa shape index (κ1) is 12.9. The molecule has 0 unspecified atom stereocenters. The van der Waals surface area contributed by atoms with Gasteiger partial charge in [0.25, 0.3) is 0 Å². The molecule has 0 bridgehead atoms. The summed E-state index contributed by atoms with van der Waals surface area (Å²) in [5.41, 5.74) is 0.953. The van der Waals surface area contributed by atoms with Crippen molar-refractivity contribution in [3.63, 3.8) is 0 Å². The zero-order chi connectivity index (χ0) is 13.0. The van der Waals surface area contributed by atoms with Gasteiger partial charge in [0.1, 0.15) is 18.3 Å². The highest BCUT2D eigenvalue weighted by Gasteiger charge is 2.30. The maximum atomic E-state index is 12.2. The van der Waals surface area contributed by atoms with E-state index in [0.717, 1.165) is 17.7 Å². The third kappa shape index (κ3) is 2.64. The summed E-state index contributed by atoms with van der Waals surface area (Å²) in [5.74, 6) is 0.557. The number of ether oxygens (including phenoxy) is 1. The number of carbonyl (C=O) groups is 1. The van der Waals surface area contributed by atoms with E-state index in [1.165, 1.54) is 0 Å². The van der Waals surface area contributed by atoms with Gasteiger partial charge in [-0.05, 0) is 18.9 Å². The molecule has 0 fully saturated rings. The number of aliphatic hydroxyl groups is 1. The van der Waals surface area contributed by atoms with E-state index in [0.29, 0.717) is 13.0 Å². The largest absolute Gasteiger partial charge is 0.492 e. The Morgan fingerprint density at radius 3 is 3.06 bits per heavy atom. The zero-order valence-corrected chi connectivity index (χ0v) is 10.6. The number of carbonyl (C=O) groups excluding carboxylic acids is 1. The molecule has 0 aromatic heterocycles. The summed E-state index contributed by atoms with van der Waals surface area (Å²) < 4.78 is 5.50. The van der Waals surface area contributed by atoms with Crippen LogP contribution in [0.1, 0.15) is 31.2 Å². The van der Waals surface area contributed by atoms with Gasteiger partial charge in [-0.2, -0.15) is 0 Å². The summed E-state index contributed by atoms with van der Waals surface area (Å²) >= 11 is 0. The normalized spacial score (nSPS) is 18.9. The summed E-state index contributed by atoms with van der Waals surface area (Å²) in [6.45, 7) is 2.50. The van der Waals surface area contributed by atoms with Crippen molar-refractivity contribution in [1.29, 1.82) is 0 Å². The van der Waals surface area contributed by atoms with E-state index >= 15 is 0 Å². The Balaban J connectivity index is 2.03. The molecule has 0 radical (unpaired) electrons. The van der Waals surface area contributed by atoms with Crippen LogP contribution < -0.4 is 10.1 Å². The highest BCUT2D eigenvalue weighted by molar-refractivity contribution is 5.85. The third-order valence-electron chi connectivity index (χ3n) is 3.33. The van der Waals surface area contributed by atoms with Crippen molar-refractivity contribution in [2.75, 3.05) is 13.2 Å². The van der Waals surface area contributed by atoms with E-state index in [1.807, 2.05) is 31.2 Å². The van der Waals surface area contributed by atoms with Crippen LogP contribution in [0, 0.1) is 0 Å². The van der Waals surface area contributed by atoms with Gasteiger partial charge in [-0.3, -0.25) is 4.79 Å². The van der Waals surface area contributed by atoms with Gasteiger partial charge in [0, 0.05) is 18.2 Å². The van der Waals surface area contributed by atoms with Crippen LogP contribution in [-0.2, 0) is 4.79 Å². The molecule has 2 rings (SSSR count). The Morgan fingerprint density at radius 1 is 1.56 bits per heavy atom. The summed E-state index contributed by atoms with van der Waals surface area (Å²) in [4.78, 5) is 12.2. The molecular formula is C14H19NO3. The Hall–Kier alpha value is -1.55. The molecule has 2 N–H and O–H groups in total. The van der Waals surface area contributed by atoms with Gasteiger partial charge in [-0.25, -0.2) is 0 Å². The molecule has 1 aliphatic rings. The number of amides is 1. The minimum atomic E-state index is -0.228. The predicted molar refractivity (Wildman–Crippen MR) is 68.6 cm³/mol. The van der Waals surface area contributed by atoms with E-state index in [-0.39, 0.29) is 24.5 Å². The van der Waals surface area contributed by atoms with Gasteiger partial charge < -0.3 is 15.2 Å². The summed E-state index contributed by atoms with van der Waals surface area (Å²) in [6.07, 6.45) is 1.42. The van der Waals surface area contributed by atoms with Crippen LogP contribution in [0.4, 0.5) is 0 Å². The van der Waals surface area contributed by atoms with Crippen molar-refractivity contribution in [2.24, 2.45) is 0 Å². The Labute approximate surface area is 107 Å². The molecule has 1 aromatic carbocycles. The molecule has 0 aliphatic carbocycles. The van der Waals surface area contributed by atoms with Crippen LogP contribution >= 0.6 is 0 Å². The average molecular weight is 249 g/mol. The van der Waals surface area contributed by atoms with E-state index in [9.17, 15) is 4.79 Å². The molecule has 1 aromatic rings. The maximum absolute atomic E-state index is 12.2. The van der Waals surface area contributed by atoms with Gasteiger partial charge in [-0.15, -0.1) is 0 Å². The Morgan fingerprint density at radius 2 is 2.33 bits per heavy atom. The summed E-state index contributed by atoms with van der Waals surface area (Å²) in [5, 5.41) is 11.9. The fraction of sp³-hybridized carbons (Fsp3) is 0.500. The summed E-state index contributed by atoms with van der Waals surface area (Å²) in [7, 11) is 0. The van der Waals surface area contributed by atoms with Gasteiger partial charge in [-0.1, -0.05) is 25.1 Å². The minimum absolute atomic E-state index is 0.0137. The van der Waals surface area contributed by atoms with Gasteiger partial charge >= 0.3 is 0 Å². The van der Waals surface area contributed by atoms with Crippen LogP contribution in [0.15, 0.2) is 24.3 Å². The average Bonchev–Trinajstić information content (AvgIpc) is 2.82. The van der Waals surface area contributed by atoms with Gasteiger partial charge in [0.15, 0.2) is 0 Å². The maximum Gasteiger partial charge on any atom is 0.231 e. The Bertz CT molecular complexity index is 419. The van der Waals surface area contributed by atoms with Crippen molar-refractivity contribution < 1.29 is 14.6 Å². The Kier molecular flexibility index (Phi) is 4.20. The van der Waals surface area contributed by atoms with E-state index < -0.39 is 0 Å². The SMILES string of the molecule is CC[C@H](CCO)NC(=O)[C@@H]1COc2ccccc21. The number of aliphatic hydroxyl groups excluding tert-OH is 1. The first-order valence-electron chi connectivity index (χ1n) is 6.39. The number of hydrogen-bond donors (Lipinski definition) is 2. The lowest BCUT2D eigenvalue weighted by molar-refractivity contribution is -0.123. The van der Waals surface area contributed by atoms with Gasteiger partial charge in [0.05, 0.1) is 0 Å². The standard InChI is InChI=1S/C14H19NO3/c1-2-10(7-8-16)15-14(17)12-9-18-13-6-4-3-5-11(12)13/h3-6,10,12,16H,2,7-9H2,1H3,(H,15,17)/t10-,12-/m1/s1. The highest BCUT2D eigenvalue weighted by atomic mass is 16.5. The molecule has 4 nitrogen and oxygen atoms in total. The molecule has 0 saturated carbocycles. The van der Waals surface area contributed by atoms with Crippen molar-refractivity contribution in [3.8, 4) is 5.75 Å². The monoisotopic (exact) mass is 249 g/mol. The van der Waals surface area contributed by atoms with Crippen molar-refractivity contribution in [3.05, 3.63) is 29.8 Å². The lowest BCUT2D eigenvalue weighted by atomic mass is 9.99. The van der Waals surface area contributed by atoms with E-state index in [4.69, 9.17) is 9.84 Å². The van der Waals surface area contributed by atoms with Crippen LogP contribution in [0.2, 0.25) is 0 Å². The lowest BCUT2D eigenvalue weighted by Gasteiger charge is -2.18. The molecule has 0 spiro atoms. The number of nitrogens with one attached hydrogen (secondary N) is 1. The van der Waals surface area contributed by atoms with E-state index in [2.05, 4.69) is 5.32 Å². The number of hydrogen-bond acceptors (Lipinski definition) is 3. The molecular weight excluding hydrogens is 230 g/mol. The molecule has 1 aliphatic heterocycles. The van der Waals surface area contributed by atoms with Crippen molar-refractivity contribution >= 4 is 5.91 Å². The molecule has 4 heteroatoms. The highest BCUT2D eigenvalue weighted by Crippen LogP contribution is 2.33. The first-order chi connectivity index (χ1) is 8.76. The first-order valence-corrected chi connectivity index (χ1v) is 6.39. The molecule has 18 heavy (non-hydrogen) atoms. The molecule has 98 valence electrons. The van der Waals surface area contributed by atoms with Crippen molar-refractivity contribution in [2.45, 2.75) is 31.7 Å². The van der Waals surface area contributed by atoms with Crippen molar-refractivity contribution in [1.82, 2.24) is 5.32 Å². The molecule has 2 atom stereocenters. The predicted octanol–water partition coefficient (Wildman–Crippen LogP) is 1.44. The molecule has 1 heterocycles. The second-order valence-corrected chi connectivity index (χ2v) is 4.53. The second-order valence-electron chi connectivity index (χ2n) is 4.53. The summed E-state index contributed by atoms with van der Waals surface area (Å²) in [6, 6.07) is 7.67. The number of fused-ring (bicyclic) bond motifs is 1. The smallest absolute Gasteiger partial charge is 0.231 e. The van der Waals surface area contributed by atoms with Gasteiger partial charge in [0.2, 0.25) is 5.91 Å². The van der Waals surface area contributed by atoms with Crippen LogP contribution in [0.5, 0.6) is 5.75 Å². The zero-order valence-electron chi connectivity index (χ0n) is 10.6. The topological polar surface area (TPSA) is 58.6 Å². The molecule has 0 saturated heterocycles. The third-order valence-corrected chi connectivity index (χ3v) is 3.33. The fourth-order valence-electron chi connectivity index (χ4n) is 2.22. The lowest BCUT2D eigenvalue weighted by Crippen LogP contribution is -2.38. The number of para-hydroxylation sites is 1. The quantitative estimate of drug-likeness (QED) is 0.830. The fourth-order valence-corrected chi connectivity index (χ4v) is 2.22.